The van der Waals surface area contributed by atoms with E-state index in [1.807, 2.05) is 19.1 Å². The van der Waals surface area contributed by atoms with Gasteiger partial charge in [-0.3, -0.25) is 0 Å². The predicted octanol–water partition coefficient (Wildman–Crippen LogP) is 3.35. The van der Waals surface area contributed by atoms with Crippen molar-refractivity contribution in [3.8, 4) is 0 Å². The SMILES string of the molecule is CCC(CC)(c1ccccc1)c1nc(C)cc(CN)n1. The van der Waals surface area contributed by atoms with Crippen LogP contribution in [0.5, 0.6) is 0 Å². The predicted molar refractivity (Wildman–Crippen MR) is 82.5 cm³/mol. The van der Waals surface area contributed by atoms with Crippen LogP contribution >= 0.6 is 0 Å². The van der Waals surface area contributed by atoms with Crippen molar-refractivity contribution >= 4 is 0 Å². The molecule has 0 spiro atoms. The van der Waals surface area contributed by atoms with E-state index < -0.39 is 0 Å². The van der Waals surface area contributed by atoms with Crippen LogP contribution in [0.2, 0.25) is 0 Å². The van der Waals surface area contributed by atoms with Gasteiger partial charge < -0.3 is 5.73 Å². The number of nitrogens with two attached hydrogens (primary N) is 1. The maximum atomic E-state index is 5.76. The van der Waals surface area contributed by atoms with Gasteiger partial charge in [-0.25, -0.2) is 9.97 Å². The second-order valence-corrected chi connectivity index (χ2v) is 5.18. The van der Waals surface area contributed by atoms with E-state index in [4.69, 9.17) is 15.7 Å². The van der Waals surface area contributed by atoms with Crippen molar-refractivity contribution < 1.29 is 0 Å². The highest BCUT2D eigenvalue weighted by molar-refractivity contribution is 5.33. The highest BCUT2D eigenvalue weighted by Crippen LogP contribution is 2.36. The summed E-state index contributed by atoms with van der Waals surface area (Å²) in [5, 5.41) is 0. The molecule has 0 saturated carbocycles. The summed E-state index contributed by atoms with van der Waals surface area (Å²) >= 11 is 0. The van der Waals surface area contributed by atoms with E-state index in [0.717, 1.165) is 30.1 Å². The molecular weight excluding hydrogens is 246 g/mol. The highest BCUT2D eigenvalue weighted by Gasteiger charge is 2.33. The van der Waals surface area contributed by atoms with Gasteiger partial charge >= 0.3 is 0 Å². The zero-order valence-corrected chi connectivity index (χ0v) is 12.6. The zero-order chi connectivity index (χ0) is 14.6. The van der Waals surface area contributed by atoms with Crippen LogP contribution in [0.3, 0.4) is 0 Å². The van der Waals surface area contributed by atoms with E-state index >= 15 is 0 Å². The third-order valence-corrected chi connectivity index (χ3v) is 4.08. The Morgan fingerprint density at radius 2 is 1.70 bits per heavy atom. The molecule has 20 heavy (non-hydrogen) atoms. The molecule has 0 aliphatic carbocycles. The Balaban J connectivity index is 2.62. The van der Waals surface area contributed by atoms with Crippen LogP contribution in [0.15, 0.2) is 36.4 Å². The van der Waals surface area contributed by atoms with Crippen LogP contribution < -0.4 is 5.73 Å². The summed E-state index contributed by atoms with van der Waals surface area (Å²) in [5.74, 6) is 0.897. The summed E-state index contributed by atoms with van der Waals surface area (Å²) in [5.41, 5.74) is 8.81. The summed E-state index contributed by atoms with van der Waals surface area (Å²) in [4.78, 5) is 9.41. The molecular formula is C17H23N3. The highest BCUT2D eigenvalue weighted by atomic mass is 14.9. The Bertz CT molecular complexity index is 560. The topological polar surface area (TPSA) is 51.8 Å². The molecule has 2 aromatic rings. The first-order valence-electron chi connectivity index (χ1n) is 7.27. The molecule has 3 nitrogen and oxygen atoms in total. The van der Waals surface area contributed by atoms with Gasteiger partial charge in [-0.1, -0.05) is 44.2 Å². The summed E-state index contributed by atoms with van der Waals surface area (Å²) < 4.78 is 0. The number of aromatic nitrogens is 2. The third kappa shape index (κ3) is 2.59. The fourth-order valence-electron chi connectivity index (χ4n) is 2.81. The largest absolute Gasteiger partial charge is 0.325 e. The first kappa shape index (κ1) is 14.7. The van der Waals surface area contributed by atoms with E-state index in [9.17, 15) is 0 Å². The summed E-state index contributed by atoms with van der Waals surface area (Å²) in [7, 11) is 0. The average Bonchev–Trinajstić information content (AvgIpc) is 2.49. The number of hydrogen-bond acceptors (Lipinski definition) is 3. The molecule has 0 fully saturated rings. The molecule has 0 aliphatic rings. The van der Waals surface area contributed by atoms with E-state index in [1.165, 1.54) is 5.56 Å². The van der Waals surface area contributed by atoms with Crippen molar-refractivity contribution in [2.45, 2.75) is 45.6 Å². The molecule has 0 unspecified atom stereocenters. The average molecular weight is 269 g/mol. The first-order chi connectivity index (χ1) is 9.66. The van der Waals surface area contributed by atoms with Crippen LogP contribution in [0.1, 0.15) is 49.5 Å². The first-order valence-corrected chi connectivity index (χ1v) is 7.27. The quantitative estimate of drug-likeness (QED) is 0.905. The summed E-state index contributed by atoms with van der Waals surface area (Å²) in [6.45, 7) is 6.86. The lowest BCUT2D eigenvalue weighted by Crippen LogP contribution is -2.29. The van der Waals surface area contributed by atoms with Crippen LogP contribution in [-0.2, 0) is 12.0 Å². The van der Waals surface area contributed by atoms with Gasteiger partial charge in [0.1, 0.15) is 5.82 Å². The molecule has 0 saturated heterocycles. The van der Waals surface area contributed by atoms with Gasteiger partial charge in [-0.2, -0.15) is 0 Å². The normalized spacial score (nSPS) is 11.6. The van der Waals surface area contributed by atoms with Gasteiger partial charge in [0.05, 0.1) is 11.1 Å². The third-order valence-electron chi connectivity index (χ3n) is 4.08. The fraction of sp³-hybridized carbons (Fsp3) is 0.412. The maximum absolute atomic E-state index is 5.76. The second-order valence-electron chi connectivity index (χ2n) is 5.18. The lowest BCUT2D eigenvalue weighted by Gasteiger charge is -2.31. The molecule has 0 radical (unpaired) electrons. The molecule has 0 bridgehead atoms. The number of hydrogen-bond donors (Lipinski definition) is 1. The van der Waals surface area contributed by atoms with Crippen molar-refractivity contribution in [3.63, 3.8) is 0 Å². The molecule has 106 valence electrons. The Kier molecular flexibility index (Phi) is 4.50. The van der Waals surface area contributed by atoms with Crippen LogP contribution in [0, 0.1) is 6.92 Å². The van der Waals surface area contributed by atoms with Gasteiger partial charge in [0.25, 0.3) is 0 Å². The maximum Gasteiger partial charge on any atom is 0.139 e. The Labute approximate surface area is 121 Å². The smallest absolute Gasteiger partial charge is 0.139 e. The minimum atomic E-state index is -0.128. The standard InChI is InChI=1S/C17H23N3/c1-4-17(5-2,14-9-7-6-8-10-14)16-19-13(3)11-15(12-18)20-16/h6-11H,4-5,12,18H2,1-3H3. The number of aryl methyl sites for hydroxylation is 1. The van der Waals surface area contributed by atoms with Crippen LogP contribution in [0.4, 0.5) is 0 Å². The Morgan fingerprint density at radius 3 is 2.25 bits per heavy atom. The summed E-state index contributed by atoms with van der Waals surface area (Å²) in [6, 6.07) is 12.5. The van der Waals surface area contributed by atoms with Gasteiger partial charge in [0, 0.05) is 12.2 Å². The second kappa shape index (κ2) is 6.14. The molecule has 2 N–H and O–H groups in total. The van der Waals surface area contributed by atoms with Gasteiger partial charge in [0.15, 0.2) is 0 Å². The van der Waals surface area contributed by atoms with Gasteiger partial charge in [-0.15, -0.1) is 0 Å². The van der Waals surface area contributed by atoms with Crippen molar-refractivity contribution in [3.05, 3.63) is 59.2 Å². The molecule has 1 aromatic carbocycles. The van der Waals surface area contributed by atoms with Crippen molar-refractivity contribution in [1.29, 1.82) is 0 Å². The molecule has 0 amide bonds. The molecule has 0 atom stereocenters. The molecule has 3 heteroatoms. The number of nitrogens with zero attached hydrogens (tertiary/aromatic N) is 2. The minimum absolute atomic E-state index is 0.128. The van der Waals surface area contributed by atoms with Crippen molar-refractivity contribution in [2.24, 2.45) is 5.73 Å². The molecule has 1 aromatic heterocycles. The minimum Gasteiger partial charge on any atom is -0.325 e. The van der Waals surface area contributed by atoms with Gasteiger partial charge in [-0.05, 0) is 31.4 Å². The lowest BCUT2D eigenvalue weighted by atomic mass is 9.75. The number of rotatable bonds is 5. The van der Waals surface area contributed by atoms with E-state index in [-0.39, 0.29) is 5.41 Å². The summed E-state index contributed by atoms with van der Waals surface area (Å²) in [6.07, 6.45) is 1.95. The monoisotopic (exact) mass is 269 g/mol. The van der Waals surface area contributed by atoms with E-state index in [2.05, 4.69) is 38.1 Å². The Morgan fingerprint density at radius 1 is 1.05 bits per heavy atom. The van der Waals surface area contributed by atoms with E-state index in [0.29, 0.717) is 6.54 Å². The van der Waals surface area contributed by atoms with Crippen molar-refractivity contribution in [1.82, 2.24) is 9.97 Å². The zero-order valence-electron chi connectivity index (χ0n) is 12.6. The van der Waals surface area contributed by atoms with Crippen LogP contribution in [-0.4, -0.2) is 9.97 Å². The molecule has 1 heterocycles. The Hall–Kier alpha value is -1.74. The number of benzene rings is 1. The van der Waals surface area contributed by atoms with Crippen LogP contribution in [0.25, 0.3) is 0 Å². The molecule has 0 aliphatic heterocycles. The van der Waals surface area contributed by atoms with Crippen molar-refractivity contribution in [2.75, 3.05) is 0 Å². The van der Waals surface area contributed by atoms with Gasteiger partial charge in [0.2, 0.25) is 0 Å². The lowest BCUT2D eigenvalue weighted by molar-refractivity contribution is 0.446. The fourth-order valence-corrected chi connectivity index (χ4v) is 2.81. The van der Waals surface area contributed by atoms with E-state index in [1.54, 1.807) is 0 Å². The molecule has 2 rings (SSSR count).